The molecular weight excluding hydrogens is 342 g/mol. The molecule has 0 unspecified atom stereocenters. The van der Waals surface area contributed by atoms with Crippen molar-refractivity contribution in [1.29, 1.82) is 0 Å². The lowest BCUT2D eigenvalue weighted by atomic mass is 10.2. The predicted octanol–water partition coefficient (Wildman–Crippen LogP) is 2.41. The zero-order valence-corrected chi connectivity index (χ0v) is 12.7. The molecule has 0 saturated heterocycles. The van der Waals surface area contributed by atoms with Crippen molar-refractivity contribution >= 4 is 33.5 Å². The maximum absolute atomic E-state index is 12.1. The van der Waals surface area contributed by atoms with E-state index in [2.05, 4.69) is 36.4 Å². The largest absolute Gasteiger partial charge is 0.289 e. The minimum absolute atomic E-state index is 0.0431. The summed E-state index contributed by atoms with van der Waals surface area (Å²) in [5.41, 5.74) is 1.23. The van der Waals surface area contributed by atoms with E-state index in [1.54, 1.807) is 13.8 Å². The summed E-state index contributed by atoms with van der Waals surface area (Å²) < 4.78 is 0.433. The smallest absolute Gasteiger partial charge is 0.270 e. The summed E-state index contributed by atoms with van der Waals surface area (Å²) in [6.45, 7) is 3.49. The fourth-order valence-corrected chi connectivity index (χ4v) is 1.91. The summed E-state index contributed by atoms with van der Waals surface area (Å²) in [7, 11) is 0. The first kappa shape index (κ1) is 15.0. The highest BCUT2D eigenvalue weighted by Crippen LogP contribution is 2.23. The average molecular weight is 352 g/mol. The number of aromatic nitrogens is 3. The summed E-state index contributed by atoms with van der Waals surface area (Å²) in [6, 6.07) is 3.91. The lowest BCUT2D eigenvalue weighted by molar-refractivity contribution is -0.384. The Kier molecular flexibility index (Phi) is 4.22. The van der Waals surface area contributed by atoms with Gasteiger partial charge in [0.2, 0.25) is 5.95 Å². The molecule has 1 aromatic heterocycles. The molecular formula is C12H10BrN5O3. The molecule has 0 bridgehead atoms. The van der Waals surface area contributed by atoms with Crippen LogP contribution < -0.4 is 5.32 Å². The van der Waals surface area contributed by atoms with Crippen LogP contribution in [0, 0.1) is 24.0 Å². The molecule has 1 amide bonds. The minimum atomic E-state index is -0.572. The number of nitro benzene ring substituents is 1. The van der Waals surface area contributed by atoms with Crippen LogP contribution in [0.2, 0.25) is 0 Å². The Bertz CT molecular complexity index is 735. The van der Waals surface area contributed by atoms with E-state index in [1.807, 2.05) is 0 Å². The highest BCUT2D eigenvalue weighted by molar-refractivity contribution is 9.10. The van der Waals surface area contributed by atoms with E-state index in [4.69, 9.17) is 0 Å². The Hall–Kier alpha value is -2.42. The van der Waals surface area contributed by atoms with Crippen LogP contribution in [0.5, 0.6) is 0 Å². The van der Waals surface area contributed by atoms with Gasteiger partial charge >= 0.3 is 0 Å². The van der Waals surface area contributed by atoms with Crippen molar-refractivity contribution in [2.75, 3.05) is 5.32 Å². The predicted molar refractivity (Wildman–Crippen MR) is 78.1 cm³/mol. The Morgan fingerprint density at radius 2 is 2.00 bits per heavy atom. The van der Waals surface area contributed by atoms with Crippen LogP contribution in [-0.4, -0.2) is 26.0 Å². The molecule has 9 heteroatoms. The van der Waals surface area contributed by atoms with Crippen LogP contribution in [0.15, 0.2) is 22.7 Å². The summed E-state index contributed by atoms with van der Waals surface area (Å²) >= 11 is 3.18. The maximum Gasteiger partial charge on any atom is 0.270 e. The SMILES string of the molecule is Cc1nnc(NC(=O)c2cc([N+](=O)[O-])ccc2Br)nc1C. The summed E-state index contributed by atoms with van der Waals surface area (Å²) in [4.78, 5) is 26.4. The summed E-state index contributed by atoms with van der Waals surface area (Å²) in [5, 5.41) is 20.8. The number of non-ortho nitro benzene ring substituents is 1. The molecule has 0 saturated carbocycles. The molecule has 0 fully saturated rings. The van der Waals surface area contributed by atoms with Gasteiger partial charge in [-0.2, -0.15) is 5.10 Å². The molecule has 0 atom stereocenters. The molecule has 0 radical (unpaired) electrons. The number of rotatable bonds is 3. The number of carbonyl (C=O) groups is 1. The van der Waals surface area contributed by atoms with Crippen LogP contribution in [0.25, 0.3) is 0 Å². The molecule has 1 N–H and O–H groups in total. The molecule has 1 aromatic carbocycles. The van der Waals surface area contributed by atoms with Gasteiger partial charge in [-0.25, -0.2) is 4.98 Å². The number of hydrogen-bond donors (Lipinski definition) is 1. The second kappa shape index (κ2) is 5.92. The van der Waals surface area contributed by atoms with Gasteiger partial charge in [0.25, 0.3) is 11.6 Å². The van der Waals surface area contributed by atoms with E-state index >= 15 is 0 Å². The first-order chi connectivity index (χ1) is 9.88. The number of amides is 1. The van der Waals surface area contributed by atoms with Crippen LogP contribution in [0.3, 0.4) is 0 Å². The van der Waals surface area contributed by atoms with Crippen molar-refractivity contribution in [3.63, 3.8) is 0 Å². The second-order valence-electron chi connectivity index (χ2n) is 4.18. The Morgan fingerprint density at radius 3 is 2.62 bits per heavy atom. The average Bonchev–Trinajstić information content (AvgIpc) is 2.43. The molecule has 2 rings (SSSR count). The summed E-state index contributed by atoms with van der Waals surface area (Å²) in [5.74, 6) is -0.517. The van der Waals surface area contributed by atoms with Crippen molar-refractivity contribution in [3.8, 4) is 0 Å². The van der Waals surface area contributed by atoms with E-state index in [0.717, 1.165) is 0 Å². The molecule has 0 spiro atoms. The van der Waals surface area contributed by atoms with Crippen LogP contribution in [-0.2, 0) is 0 Å². The molecule has 0 aliphatic heterocycles. The van der Waals surface area contributed by atoms with Gasteiger partial charge < -0.3 is 0 Å². The number of nitrogens with one attached hydrogen (secondary N) is 1. The van der Waals surface area contributed by atoms with Gasteiger partial charge in [-0.1, -0.05) is 0 Å². The first-order valence-corrected chi connectivity index (χ1v) is 6.61. The number of aryl methyl sites for hydroxylation is 2. The van der Waals surface area contributed by atoms with Crippen molar-refractivity contribution in [2.24, 2.45) is 0 Å². The standard InChI is InChI=1S/C12H10BrN5O3/c1-6-7(2)16-17-12(14-6)15-11(19)9-5-8(18(20)21)3-4-10(9)13/h3-5H,1-2H3,(H,14,15,17,19). The molecule has 0 aliphatic rings. The fourth-order valence-electron chi connectivity index (χ4n) is 1.48. The quantitative estimate of drug-likeness (QED) is 0.671. The Balaban J connectivity index is 2.29. The number of benzene rings is 1. The Labute approximate surface area is 127 Å². The highest BCUT2D eigenvalue weighted by Gasteiger charge is 2.16. The van der Waals surface area contributed by atoms with Crippen LogP contribution >= 0.6 is 15.9 Å². The molecule has 108 valence electrons. The lowest BCUT2D eigenvalue weighted by Gasteiger charge is -2.06. The van der Waals surface area contributed by atoms with E-state index in [-0.39, 0.29) is 17.2 Å². The molecule has 1 heterocycles. The normalized spacial score (nSPS) is 10.2. The Morgan fingerprint density at radius 1 is 1.29 bits per heavy atom. The first-order valence-electron chi connectivity index (χ1n) is 5.81. The van der Waals surface area contributed by atoms with Crippen molar-refractivity contribution < 1.29 is 9.72 Å². The van der Waals surface area contributed by atoms with Crippen LogP contribution in [0.4, 0.5) is 11.6 Å². The van der Waals surface area contributed by atoms with Gasteiger partial charge in [0.05, 0.1) is 21.9 Å². The number of halogens is 1. The third kappa shape index (κ3) is 3.37. The number of carbonyl (C=O) groups excluding carboxylic acids is 1. The maximum atomic E-state index is 12.1. The zero-order chi connectivity index (χ0) is 15.6. The van der Waals surface area contributed by atoms with Crippen molar-refractivity contribution in [2.45, 2.75) is 13.8 Å². The van der Waals surface area contributed by atoms with Gasteiger partial charge in [0.15, 0.2) is 0 Å². The minimum Gasteiger partial charge on any atom is -0.289 e. The number of hydrogen-bond acceptors (Lipinski definition) is 6. The monoisotopic (exact) mass is 351 g/mol. The van der Waals surface area contributed by atoms with Gasteiger partial charge in [0, 0.05) is 16.6 Å². The van der Waals surface area contributed by atoms with Crippen molar-refractivity contribution in [3.05, 3.63) is 49.7 Å². The third-order valence-electron chi connectivity index (χ3n) is 2.72. The van der Waals surface area contributed by atoms with Gasteiger partial charge in [-0.05, 0) is 35.8 Å². The lowest BCUT2D eigenvalue weighted by Crippen LogP contribution is -2.16. The number of nitro groups is 1. The third-order valence-corrected chi connectivity index (χ3v) is 3.41. The molecule has 2 aromatic rings. The summed E-state index contributed by atoms with van der Waals surface area (Å²) in [6.07, 6.45) is 0. The van der Waals surface area contributed by atoms with Gasteiger partial charge in [0.1, 0.15) is 0 Å². The number of anilines is 1. The molecule has 0 aliphatic carbocycles. The topological polar surface area (TPSA) is 111 Å². The van der Waals surface area contributed by atoms with E-state index in [1.165, 1.54) is 18.2 Å². The van der Waals surface area contributed by atoms with Gasteiger partial charge in [-0.15, -0.1) is 5.10 Å². The second-order valence-corrected chi connectivity index (χ2v) is 5.04. The number of nitrogens with zero attached hydrogens (tertiary/aromatic N) is 4. The molecule has 8 nitrogen and oxygen atoms in total. The molecule has 21 heavy (non-hydrogen) atoms. The fraction of sp³-hybridized carbons (Fsp3) is 0.167. The van der Waals surface area contributed by atoms with Crippen molar-refractivity contribution in [1.82, 2.24) is 15.2 Å². The van der Waals surface area contributed by atoms with Crippen LogP contribution in [0.1, 0.15) is 21.7 Å². The van der Waals surface area contributed by atoms with E-state index < -0.39 is 10.8 Å². The highest BCUT2D eigenvalue weighted by atomic mass is 79.9. The van der Waals surface area contributed by atoms with Gasteiger partial charge in [-0.3, -0.25) is 20.2 Å². The van der Waals surface area contributed by atoms with E-state index in [0.29, 0.717) is 15.9 Å². The zero-order valence-electron chi connectivity index (χ0n) is 11.1. The van der Waals surface area contributed by atoms with E-state index in [9.17, 15) is 14.9 Å².